The van der Waals surface area contributed by atoms with Crippen LogP contribution in [0.25, 0.3) is 0 Å². The van der Waals surface area contributed by atoms with Crippen LogP contribution in [0.3, 0.4) is 0 Å². The summed E-state index contributed by atoms with van der Waals surface area (Å²) >= 11 is 9.64. The maximum Gasteiger partial charge on any atom is 0.189 e. The molecule has 2 saturated heterocycles. The highest BCUT2D eigenvalue weighted by Gasteiger charge is 2.49. The Morgan fingerprint density at radius 1 is 0.677 bits per heavy atom. The molecule has 0 saturated carbocycles. The first-order valence-corrected chi connectivity index (χ1v) is 9.96. The second kappa shape index (κ2) is 11.7. The van der Waals surface area contributed by atoms with Gasteiger partial charge in [0.15, 0.2) is 22.8 Å². The molecule has 6 unspecified atom stereocenters. The Morgan fingerprint density at radius 2 is 1.03 bits per heavy atom. The van der Waals surface area contributed by atoms with Crippen LogP contribution in [-0.2, 0) is 14.2 Å². The molecular weight excluding hydrogens is 460 g/mol. The summed E-state index contributed by atoms with van der Waals surface area (Å²) in [6, 6.07) is 0. The van der Waals surface area contributed by atoms with Gasteiger partial charge in [-0.15, -0.1) is 0 Å². The van der Waals surface area contributed by atoms with E-state index in [9.17, 15) is 30.6 Å². The Balaban J connectivity index is 2.06. The highest BCUT2D eigenvalue weighted by molar-refractivity contribution is 7.80. The van der Waals surface area contributed by atoms with E-state index in [1.54, 1.807) is 0 Å². The van der Waals surface area contributed by atoms with Gasteiger partial charge in [-0.05, 0) is 24.4 Å². The predicted octanol–water partition coefficient (Wildman–Crippen LogP) is -6.71. The topological polar surface area (TPSA) is 249 Å². The molecule has 2 rings (SSSR count). The molecule has 0 aromatic heterocycles. The number of hydrogen-bond donors (Lipinski definition) is 12. The van der Waals surface area contributed by atoms with Crippen molar-refractivity contribution in [3.8, 4) is 0 Å². The van der Waals surface area contributed by atoms with Crippen LogP contribution in [0.2, 0.25) is 0 Å². The molecule has 180 valence electrons. The Kier molecular flexibility index (Phi) is 9.89. The zero-order valence-electron chi connectivity index (χ0n) is 16.1. The molecule has 0 bridgehead atoms. The van der Waals surface area contributed by atoms with Gasteiger partial charge in [-0.1, -0.05) is 0 Å². The van der Waals surface area contributed by atoms with Crippen LogP contribution in [0, 0.1) is 0 Å². The summed E-state index contributed by atoms with van der Waals surface area (Å²) in [6.07, 6.45) is -15.2. The Morgan fingerprint density at radius 3 is 1.35 bits per heavy atom. The molecule has 2 heterocycles. The standard InChI is InChI=1S/C14H28N6O9S2/c15-19-13(30)17-1-3-5(21)7(23)9(25)11(27-3)29-12-10(26)8(24)6(22)4(28-12)2-18-14(31)20-16/h3-12,21-26H,1-2,15-16H2,(H2,17,19,30)(H2,18,20,31)/t3?,4?,5-,6-,7?,8?,9+,10?,11?,12-/m1/s1. The first-order chi connectivity index (χ1) is 14.6. The van der Waals surface area contributed by atoms with E-state index in [4.69, 9.17) is 50.3 Å². The van der Waals surface area contributed by atoms with E-state index in [1.165, 1.54) is 0 Å². The van der Waals surface area contributed by atoms with Gasteiger partial charge in [0.05, 0.1) is 0 Å². The van der Waals surface area contributed by atoms with Gasteiger partial charge in [0.1, 0.15) is 48.8 Å². The molecule has 0 aromatic carbocycles. The number of aliphatic hydroxyl groups is 6. The van der Waals surface area contributed by atoms with Crippen molar-refractivity contribution in [2.75, 3.05) is 13.1 Å². The molecule has 10 atom stereocenters. The van der Waals surface area contributed by atoms with Crippen molar-refractivity contribution < 1.29 is 44.8 Å². The number of ether oxygens (including phenoxy) is 3. The van der Waals surface area contributed by atoms with E-state index in [0.717, 1.165) is 0 Å². The van der Waals surface area contributed by atoms with Crippen molar-refractivity contribution in [1.82, 2.24) is 21.5 Å². The van der Waals surface area contributed by atoms with Crippen LogP contribution in [-0.4, -0.2) is 115 Å². The molecule has 2 aliphatic rings. The minimum atomic E-state index is -1.73. The fourth-order valence-electron chi connectivity index (χ4n) is 3.02. The lowest BCUT2D eigenvalue weighted by molar-refractivity contribution is -0.372. The maximum atomic E-state index is 10.2. The summed E-state index contributed by atoms with van der Waals surface area (Å²) < 4.78 is 16.4. The van der Waals surface area contributed by atoms with Crippen molar-refractivity contribution in [2.45, 2.75) is 61.4 Å². The van der Waals surface area contributed by atoms with Crippen molar-refractivity contribution in [3.05, 3.63) is 0 Å². The molecule has 15 nitrogen and oxygen atoms in total. The minimum Gasteiger partial charge on any atom is -0.388 e. The second-order valence-corrected chi connectivity index (χ2v) is 7.69. The molecule has 17 heteroatoms. The summed E-state index contributed by atoms with van der Waals surface area (Å²) in [5.74, 6) is 10.3. The quantitative estimate of drug-likeness (QED) is 0.0942. The van der Waals surface area contributed by atoms with Gasteiger partial charge in [0.2, 0.25) is 0 Å². The largest absolute Gasteiger partial charge is 0.388 e. The molecule has 0 aromatic rings. The summed E-state index contributed by atoms with van der Waals surface area (Å²) in [4.78, 5) is 0. The van der Waals surface area contributed by atoms with Crippen molar-refractivity contribution in [2.24, 2.45) is 11.7 Å². The number of nitrogens with two attached hydrogens (primary N) is 2. The van der Waals surface area contributed by atoms with Gasteiger partial charge >= 0.3 is 0 Å². The number of hydrazine groups is 2. The third-order valence-electron chi connectivity index (χ3n) is 4.80. The summed E-state index contributed by atoms with van der Waals surface area (Å²) in [5.41, 5.74) is 4.34. The first-order valence-electron chi connectivity index (χ1n) is 9.14. The Hall–Kier alpha value is -1.06. The molecule has 2 fully saturated rings. The van der Waals surface area contributed by atoms with Crippen LogP contribution in [0.15, 0.2) is 0 Å². The van der Waals surface area contributed by atoms with Gasteiger partial charge in [-0.2, -0.15) is 0 Å². The summed E-state index contributed by atoms with van der Waals surface area (Å²) in [5, 5.41) is 66.3. The molecule has 14 N–H and O–H groups in total. The SMILES string of the molecule is NNC(=S)NCC1O[C@H](OC2OC(CNC(=S)NN)[C@@H](O)C(O)[C@@H]2O)C(O)C(O)[C@@H]1O. The fourth-order valence-corrected chi connectivity index (χ4v) is 3.18. The number of rotatable bonds is 6. The van der Waals surface area contributed by atoms with E-state index in [1.807, 2.05) is 0 Å². The van der Waals surface area contributed by atoms with E-state index >= 15 is 0 Å². The third-order valence-corrected chi connectivity index (χ3v) is 5.32. The monoisotopic (exact) mass is 488 g/mol. The average molecular weight is 489 g/mol. The number of hydrogen-bond acceptors (Lipinski definition) is 13. The van der Waals surface area contributed by atoms with Gasteiger partial charge < -0.3 is 66.3 Å². The zero-order valence-corrected chi connectivity index (χ0v) is 17.7. The van der Waals surface area contributed by atoms with E-state index in [-0.39, 0.29) is 23.3 Å². The lowest BCUT2D eigenvalue weighted by Crippen LogP contribution is -2.65. The normalized spacial score (nSPS) is 40.6. The second-order valence-electron chi connectivity index (χ2n) is 6.87. The molecule has 0 spiro atoms. The summed E-state index contributed by atoms with van der Waals surface area (Å²) in [7, 11) is 0. The molecule has 0 amide bonds. The molecule has 0 aliphatic carbocycles. The van der Waals surface area contributed by atoms with Gasteiger partial charge in [-0.3, -0.25) is 0 Å². The average Bonchev–Trinajstić information content (AvgIpc) is 2.77. The van der Waals surface area contributed by atoms with Gasteiger partial charge in [0.25, 0.3) is 0 Å². The van der Waals surface area contributed by atoms with Gasteiger partial charge in [-0.25, -0.2) is 11.7 Å². The van der Waals surface area contributed by atoms with E-state index in [2.05, 4.69) is 21.5 Å². The highest BCUT2D eigenvalue weighted by Crippen LogP contribution is 2.28. The Labute approximate surface area is 187 Å². The highest BCUT2D eigenvalue weighted by atomic mass is 32.1. The Bertz CT molecular complexity index is 575. The predicted molar refractivity (Wildman–Crippen MR) is 110 cm³/mol. The van der Waals surface area contributed by atoms with Crippen LogP contribution in [0.4, 0.5) is 0 Å². The third kappa shape index (κ3) is 6.48. The lowest BCUT2D eigenvalue weighted by atomic mass is 9.97. The molecular formula is C14H28N6O9S2. The van der Waals surface area contributed by atoms with E-state index in [0.29, 0.717) is 0 Å². The minimum absolute atomic E-state index is 0.0391. The zero-order chi connectivity index (χ0) is 23.3. The number of nitrogens with one attached hydrogen (secondary N) is 4. The number of aliphatic hydroxyl groups excluding tert-OH is 6. The van der Waals surface area contributed by atoms with E-state index < -0.39 is 61.4 Å². The first kappa shape index (κ1) is 26.2. The van der Waals surface area contributed by atoms with Crippen LogP contribution >= 0.6 is 24.4 Å². The van der Waals surface area contributed by atoms with Gasteiger partial charge in [0, 0.05) is 13.1 Å². The fraction of sp³-hybridized carbons (Fsp3) is 0.857. The van der Waals surface area contributed by atoms with Crippen LogP contribution in [0.1, 0.15) is 0 Å². The summed E-state index contributed by atoms with van der Waals surface area (Å²) in [6.45, 7) is -0.224. The van der Waals surface area contributed by atoms with Crippen molar-refractivity contribution in [3.63, 3.8) is 0 Å². The maximum absolute atomic E-state index is 10.2. The van der Waals surface area contributed by atoms with Crippen LogP contribution < -0.4 is 33.2 Å². The molecule has 31 heavy (non-hydrogen) atoms. The lowest BCUT2D eigenvalue weighted by Gasteiger charge is -2.45. The van der Waals surface area contributed by atoms with Crippen molar-refractivity contribution >= 4 is 34.7 Å². The van der Waals surface area contributed by atoms with Crippen LogP contribution in [0.5, 0.6) is 0 Å². The molecule has 0 radical (unpaired) electrons. The molecule has 2 aliphatic heterocycles. The number of thiocarbonyl (C=S) groups is 2. The van der Waals surface area contributed by atoms with Crippen molar-refractivity contribution in [1.29, 1.82) is 0 Å². The smallest absolute Gasteiger partial charge is 0.189 e.